The molecule has 0 bridgehead atoms. The molecule has 1 atom stereocenters. The Morgan fingerprint density at radius 1 is 1.32 bits per heavy atom. The van der Waals surface area contributed by atoms with Crippen molar-refractivity contribution < 1.29 is 13.9 Å². The number of fused-ring (bicyclic) bond motifs is 1. The minimum Gasteiger partial charge on any atom is -0.496 e. The predicted molar refractivity (Wildman–Crippen MR) is 115 cm³/mol. The van der Waals surface area contributed by atoms with Gasteiger partial charge in [0.25, 0.3) is 0 Å². The topological polar surface area (TPSA) is 97.2 Å². The fourth-order valence-corrected chi connectivity index (χ4v) is 3.51. The van der Waals surface area contributed by atoms with Gasteiger partial charge in [0, 0.05) is 18.7 Å². The van der Waals surface area contributed by atoms with Gasteiger partial charge in [-0.25, -0.2) is 14.1 Å². The third-order valence-electron chi connectivity index (χ3n) is 5.38. The Bertz CT molecular complexity index is 1130. The molecule has 0 unspecified atom stereocenters. The fourth-order valence-electron chi connectivity index (χ4n) is 3.51. The second-order valence-electron chi connectivity index (χ2n) is 7.48. The van der Waals surface area contributed by atoms with Gasteiger partial charge in [-0.05, 0) is 32.0 Å². The Morgan fingerprint density at radius 2 is 2.13 bits per heavy atom. The van der Waals surface area contributed by atoms with Gasteiger partial charge in [-0.3, -0.25) is 4.79 Å². The number of likely N-dealkylation sites (N-methyl/N-ethyl adjacent to an activating group) is 1. The molecule has 2 N–H and O–H groups in total. The maximum Gasteiger partial charge on any atom is 0.246 e. The molecule has 1 aromatic carbocycles. The van der Waals surface area contributed by atoms with Gasteiger partial charge in [-0.1, -0.05) is 5.21 Å². The number of aryl methyl sites for hydroxylation is 1. The van der Waals surface area contributed by atoms with Crippen molar-refractivity contribution in [3.8, 4) is 5.75 Å². The maximum absolute atomic E-state index is 13.6. The van der Waals surface area contributed by atoms with Crippen LogP contribution in [-0.4, -0.2) is 46.1 Å². The SMILES string of the molecule is COc1ccc(F)cc1Cn1cc(CNc2cc3c(c(C)n2)NC(=O)[C@H](C)N3C)nn1. The molecule has 0 radical (unpaired) electrons. The molecule has 4 rings (SSSR count). The molecule has 0 saturated heterocycles. The summed E-state index contributed by atoms with van der Waals surface area (Å²) in [6.07, 6.45) is 1.79. The van der Waals surface area contributed by atoms with E-state index in [2.05, 4.69) is 25.9 Å². The molecule has 3 heterocycles. The molecule has 0 saturated carbocycles. The summed E-state index contributed by atoms with van der Waals surface area (Å²) in [5.74, 6) is 0.887. The van der Waals surface area contributed by atoms with Gasteiger partial charge >= 0.3 is 0 Å². The summed E-state index contributed by atoms with van der Waals surface area (Å²) >= 11 is 0. The predicted octanol–water partition coefficient (Wildman–Crippen LogP) is 2.57. The Kier molecular flexibility index (Phi) is 5.45. The van der Waals surface area contributed by atoms with E-state index in [1.807, 2.05) is 31.9 Å². The van der Waals surface area contributed by atoms with E-state index < -0.39 is 0 Å². The number of methoxy groups -OCH3 is 1. The van der Waals surface area contributed by atoms with E-state index in [9.17, 15) is 9.18 Å². The maximum atomic E-state index is 13.6. The fraction of sp³-hybridized carbons (Fsp3) is 0.333. The van der Waals surface area contributed by atoms with Crippen molar-refractivity contribution in [1.82, 2.24) is 20.0 Å². The van der Waals surface area contributed by atoms with E-state index in [0.717, 1.165) is 17.1 Å². The van der Waals surface area contributed by atoms with Gasteiger partial charge in [0.05, 0.1) is 43.5 Å². The molecular formula is C21H24FN7O2. The van der Waals surface area contributed by atoms with Crippen molar-refractivity contribution in [2.75, 3.05) is 29.7 Å². The van der Waals surface area contributed by atoms with Gasteiger partial charge < -0.3 is 20.3 Å². The molecule has 3 aromatic rings. The number of nitrogens with one attached hydrogen (secondary N) is 2. The summed E-state index contributed by atoms with van der Waals surface area (Å²) in [7, 11) is 3.43. The molecule has 0 spiro atoms. The number of aromatic nitrogens is 4. The number of carbonyl (C=O) groups excluding carboxylic acids is 1. The number of anilines is 3. The molecule has 10 heteroatoms. The number of halogens is 1. The van der Waals surface area contributed by atoms with Crippen molar-refractivity contribution >= 4 is 23.1 Å². The first kappa shape index (κ1) is 20.6. The second kappa shape index (κ2) is 8.21. The van der Waals surface area contributed by atoms with Crippen LogP contribution >= 0.6 is 0 Å². The third-order valence-corrected chi connectivity index (χ3v) is 5.38. The van der Waals surface area contributed by atoms with Crippen LogP contribution in [0.25, 0.3) is 0 Å². The van der Waals surface area contributed by atoms with Crippen LogP contribution in [0.3, 0.4) is 0 Å². The Balaban J connectivity index is 1.47. The van der Waals surface area contributed by atoms with Gasteiger partial charge in [0.2, 0.25) is 5.91 Å². The molecule has 1 aliphatic rings. The van der Waals surface area contributed by atoms with Crippen LogP contribution in [0.5, 0.6) is 5.75 Å². The first-order chi connectivity index (χ1) is 14.9. The van der Waals surface area contributed by atoms with Crippen LogP contribution in [0.2, 0.25) is 0 Å². The lowest BCUT2D eigenvalue weighted by atomic mass is 10.1. The number of benzene rings is 1. The third kappa shape index (κ3) is 4.14. The van der Waals surface area contributed by atoms with Crippen LogP contribution < -0.4 is 20.3 Å². The number of carbonyl (C=O) groups is 1. The van der Waals surface area contributed by atoms with Gasteiger partial charge in [0.1, 0.15) is 29.1 Å². The van der Waals surface area contributed by atoms with Crippen LogP contribution in [0, 0.1) is 12.7 Å². The molecular weight excluding hydrogens is 401 g/mol. The largest absolute Gasteiger partial charge is 0.496 e. The van der Waals surface area contributed by atoms with Gasteiger partial charge in [-0.2, -0.15) is 0 Å². The normalized spacial score (nSPS) is 15.5. The lowest BCUT2D eigenvalue weighted by Gasteiger charge is -2.34. The van der Waals surface area contributed by atoms with E-state index in [4.69, 9.17) is 4.74 Å². The standard InChI is InChI=1S/C21H24FN7O2/c1-12-20-17(28(3)13(2)21(30)25-20)8-19(24-12)23-9-16-11-29(27-26-16)10-14-7-15(22)5-6-18(14)31-4/h5-8,11,13H,9-10H2,1-4H3,(H,23,24)(H,25,30)/t13-/m0/s1. The smallest absolute Gasteiger partial charge is 0.246 e. The average Bonchev–Trinajstić information content (AvgIpc) is 3.19. The summed E-state index contributed by atoms with van der Waals surface area (Å²) in [5, 5.41) is 14.5. The van der Waals surface area contributed by atoms with E-state index in [-0.39, 0.29) is 17.8 Å². The average molecular weight is 425 g/mol. The zero-order valence-electron chi connectivity index (χ0n) is 17.8. The minimum atomic E-state index is -0.331. The highest BCUT2D eigenvalue weighted by molar-refractivity contribution is 6.04. The summed E-state index contributed by atoms with van der Waals surface area (Å²) in [5.41, 5.74) is 3.75. The number of nitrogens with zero attached hydrogens (tertiary/aromatic N) is 5. The number of rotatable bonds is 6. The van der Waals surface area contributed by atoms with Crippen molar-refractivity contribution in [2.45, 2.75) is 33.0 Å². The van der Waals surface area contributed by atoms with Crippen molar-refractivity contribution in [1.29, 1.82) is 0 Å². The van der Waals surface area contributed by atoms with E-state index in [0.29, 0.717) is 35.9 Å². The zero-order valence-corrected chi connectivity index (χ0v) is 17.8. The highest BCUT2D eigenvalue weighted by Crippen LogP contribution is 2.34. The molecule has 1 amide bonds. The lowest BCUT2D eigenvalue weighted by Crippen LogP contribution is -2.44. The molecule has 0 aliphatic carbocycles. The molecule has 2 aromatic heterocycles. The van der Waals surface area contributed by atoms with Crippen LogP contribution in [0.15, 0.2) is 30.5 Å². The van der Waals surface area contributed by atoms with Crippen molar-refractivity contribution in [2.24, 2.45) is 0 Å². The number of hydrogen-bond donors (Lipinski definition) is 2. The van der Waals surface area contributed by atoms with E-state index in [1.54, 1.807) is 24.1 Å². The van der Waals surface area contributed by atoms with Crippen LogP contribution in [0.4, 0.5) is 21.6 Å². The first-order valence-electron chi connectivity index (χ1n) is 9.86. The number of hydrogen-bond acceptors (Lipinski definition) is 7. The molecule has 31 heavy (non-hydrogen) atoms. The van der Waals surface area contributed by atoms with Gasteiger partial charge in [0.15, 0.2) is 0 Å². The number of amides is 1. The quantitative estimate of drug-likeness (QED) is 0.626. The Morgan fingerprint density at radius 3 is 2.90 bits per heavy atom. The molecule has 0 fully saturated rings. The Labute approximate surface area is 179 Å². The lowest BCUT2D eigenvalue weighted by molar-refractivity contribution is -0.117. The highest BCUT2D eigenvalue weighted by atomic mass is 19.1. The highest BCUT2D eigenvalue weighted by Gasteiger charge is 2.28. The zero-order chi connectivity index (χ0) is 22.1. The second-order valence-corrected chi connectivity index (χ2v) is 7.48. The van der Waals surface area contributed by atoms with E-state index in [1.165, 1.54) is 12.1 Å². The summed E-state index contributed by atoms with van der Waals surface area (Å²) in [6.45, 7) is 4.47. The Hall–Kier alpha value is -3.69. The number of ether oxygens (including phenoxy) is 1. The van der Waals surface area contributed by atoms with Crippen LogP contribution in [0.1, 0.15) is 23.9 Å². The van der Waals surface area contributed by atoms with Crippen molar-refractivity contribution in [3.05, 3.63) is 53.2 Å². The van der Waals surface area contributed by atoms with E-state index >= 15 is 0 Å². The monoisotopic (exact) mass is 425 g/mol. The van der Waals surface area contributed by atoms with Crippen LogP contribution in [-0.2, 0) is 17.9 Å². The summed E-state index contributed by atoms with van der Waals surface area (Å²) < 4.78 is 20.5. The molecule has 1 aliphatic heterocycles. The summed E-state index contributed by atoms with van der Waals surface area (Å²) in [6, 6.07) is 6.02. The van der Waals surface area contributed by atoms with Crippen molar-refractivity contribution in [3.63, 3.8) is 0 Å². The number of pyridine rings is 1. The van der Waals surface area contributed by atoms with Gasteiger partial charge in [-0.15, -0.1) is 5.10 Å². The first-order valence-corrected chi connectivity index (χ1v) is 9.86. The summed E-state index contributed by atoms with van der Waals surface area (Å²) in [4.78, 5) is 18.5. The molecule has 9 nitrogen and oxygen atoms in total. The molecule has 162 valence electrons. The minimum absolute atomic E-state index is 0.0489.